The molecule has 0 saturated carbocycles. The Morgan fingerprint density at radius 3 is 2.76 bits per heavy atom. The molecule has 3 heterocycles. The van der Waals surface area contributed by atoms with Gasteiger partial charge in [0, 0.05) is 32.1 Å². The Hall–Kier alpha value is -2.53. The Balaban J connectivity index is 2.21. The van der Waals surface area contributed by atoms with E-state index < -0.39 is 0 Å². The summed E-state index contributed by atoms with van der Waals surface area (Å²) in [6.45, 7) is 3.94. The maximum Gasteiger partial charge on any atom is 0.338 e. The summed E-state index contributed by atoms with van der Waals surface area (Å²) in [4.78, 5) is 18.6. The van der Waals surface area contributed by atoms with Gasteiger partial charge in [-0.25, -0.2) is 9.78 Å². The molecule has 130 valence electrons. The number of hydrogen-bond acceptors (Lipinski definition) is 4. The zero-order valence-electron chi connectivity index (χ0n) is 14.7. The number of anilines is 1. The van der Waals surface area contributed by atoms with Gasteiger partial charge in [0.05, 0.1) is 17.7 Å². The third kappa shape index (κ3) is 3.07. The van der Waals surface area contributed by atoms with E-state index in [0.717, 1.165) is 22.5 Å². The maximum atomic E-state index is 12.3. The smallest absolute Gasteiger partial charge is 0.338 e. The molecule has 6 heteroatoms. The van der Waals surface area contributed by atoms with E-state index in [4.69, 9.17) is 16.3 Å². The SMILES string of the molecule is CCOC(=O)c1cc2c(-c3ccnc(N(C)C)c3)ccn2c(Cl)c1C. The summed E-state index contributed by atoms with van der Waals surface area (Å²) >= 11 is 6.49. The standard InChI is InChI=1S/C19H20ClN3O2/c1-5-25-19(24)15-11-16-14(7-9-23(16)18(20)12(15)2)13-6-8-21-17(10-13)22(3)4/h6-11H,5H2,1-4H3. The lowest BCUT2D eigenvalue weighted by atomic mass is 10.1. The zero-order valence-corrected chi connectivity index (χ0v) is 15.5. The summed E-state index contributed by atoms with van der Waals surface area (Å²) < 4.78 is 7.04. The highest BCUT2D eigenvalue weighted by molar-refractivity contribution is 6.31. The summed E-state index contributed by atoms with van der Waals surface area (Å²) in [5.74, 6) is 0.501. The van der Waals surface area contributed by atoms with Crippen LogP contribution in [0.15, 0.2) is 36.7 Å². The fourth-order valence-corrected chi connectivity index (χ4v) is 3.04. The molecule has 3 aromatic heterocycles. The van der Waals surface area contributed by atoms with Crippen LogP contribution in [0.1, 0.15) is 22.8 Å². The van der Waals surface area contributed by atoms with E-state index in [-0.39, 0.29) is 5.97 Å². The van der Waals surface area contributed by atoms with Crippen LogP contribution in [-0.4, -0.2) is 36.1 Å². The lowest BCUT2D eigenvalue weighted by molar-refractivity contribution is 0.0525. The van der Waals surface area contributed by atoms with Gasteiger partial charge >= 0.3 is 5.97 Å². The van der Waals surface area contributed by atoms with Crippen LogP contribution in [0.3, 0.4) is 0 Å². The molecular formula is C19H20ClN3O2. The number of carbonyl (C=O) groups excluding carboxylic acids is 1. The summed E-state index contributed by atoms with van der Waals surface area (Å²) in [7, 11) is 3.89. The molecule has 0 radical (unpaired) electrons. The van der Waals surface area contributed by atoms with E-state index in [0.29, 0.717) is 22.9 Å². The van der Waals surface area contributed by atoms with Crippen LogP contribution >= 0.6 is 11.6 Å². The number of nitrogens with zero attached hydrogens (tertiary/aromatic N) is 3. The monoisotopic (exact) mass is 357 g/mol. The third-order valence-corrected chi connectivity index (χ3v) is 4.61. The van der Waals surface area contributed by atoms with Crippen molar-refractivity contribution in [3.8, 4) is 11.1 Å². The molecule has 0 N–H and O–H groups in total. The van der Waals surface area contributed by atoms with Gasteiger partial charge in [-0.05, 0) is 49.2 Å². The van der Waals surface area contributed by atoms with E-state index in [1.54, 1.807) is 13.1 Å². The van der Waals surface area contributed by atoms with Gasteiger partial charge in [0.25, 0.3) is 0 Å². The van der Waals surface area contributed by atoms with Crippen molar-refractivity contribution in [2.75, 3.05) is 25.6 Å². The molecule has 25 heavy (non-hydrogen) atoms. The maximum absolute atomic E-state index is 12.3. The van der Waals surface area contributed by atoms with Gasteiger partial charge in [-0.15, -0.1) is 0 Å². The molecule has 0 aliphatic heterocycles. The number of halogens is 1. The Labute approximate surface area is 151 Å². The van der Waals surface area contributed by atoms with Crippen molar-refractivity contribution in [2.45, 2.75) is 13.8 Å². The Kier molecular flexibility index (Phi) is 4.68. The van der Waals surface area contributed by atoms with Gasteiger partial charge in [0.2, 0.25) is 0 Å². The van der Waals surface area contributed by atoms with Crippen molar-refractivity contribution >= 4 is 28.9 Å². The average Bonchev–Trinajstić information content (AvgIpc) is 3.02. The van der Waals surface area contributed by atoms with Crippen molar-refractivity contribution in [1.82, 2.24) is 9.38 Å². The van der Waals surface area contributed by atoms with Gasteiger partial charge in [-0.3, -0.25) is 0 Å². The van der Waals surface area contributed by atoms with Crippen LogP contribution in [0.5, 0.6) is 0 Å². The first-order valence-electron chi connectivity index (χ1n) is 8.05. The fourth-order valence-electron chi connectivity index (χ4n) is 2.80. The first-order chi connectivity index (χ1) is 11.9. The van der Waals surface area contributed by atoms with Crippen molar-refractivity contribution < 1.29 is 9.53 Å². The largest absolute Gasteiger partial charge is 0.462 e. The molecule has 3 rings (SSSR count). The molecule has 0 unspecified atom stereocenters. The predicted molar refractivity (Wildman–Crippen MR) is 101 cm³/mol. The molecule has 0 fully saturated rings. The van der Waals surface area contributed by atoms with Gasteiger partial charge in [-0.1, -0.05) is 11.6 Å². The molecule has 0 aliphatic carbocycles. The second kappa shape index (κ2) is 6.76. The minimum absolute atomic E-state index is 0.325. The highest BCUT2D eigenvalue weighted by atomic mass is 35.5. The van der Waals surface area contributed by atoms with Crippen LogP contribution in [0.4, 0.5) is 5.82 Å². The second-order valence-electron chi connectivity index (χ2n) is 5.98. The molecule has 0 spiro atoms. The highest BCUT2D eigenvalue weighted by Gasteiger charge is 2.18. The van der Waals surface area contributed by atoms with Crippen molar-refractivity contribution in [3.05, 3.63) is 52.9 Å². The number of aromatic nitrogens is 2. The van der Waals surface area contributed by atoms with E-state index in [2.05, 4.69) is 4.98 Å². The van der Waals surface area contributed by atoms with Gasteiger partial charge in [-0.2, -0.15) is 0 Å². The lowest BCUT2D eigenvalue weighted by Gasteiger charge is -2.13. The number of carbonyl (C=O) groups is 1. The third-order valence-electron chi connectivity index (χ3n) is 4.14. The number of rotatable bonds is 4. The second-order valence-corrected chi connectivity index (χ2v) is 6.33. The van der Waals surface area contributed by atoms with E-state index in [1.165, 1.54) is 0 Å². The first kappa shape index (κ1) is 17.3. The number of pyridine rings is 2. The number of ether oxygens (including phenoxy) is 1. The van der Waals surface area contributed by atoms with Crippen LogP contribution in [0.25, 0.3) is 16.6 Å². The normalized spacial score (nSPS) is 10.9. The summed E-state index contributed by atoms with van der Waals surface area (Å²) in [6, 6.07) is 7.78. The molecule has 0 saturated heterocycles. The van der Waals surface area contributed by atoms with Crippen molar-refractivity contribution in [3.63, 3.8) is 0 Å². The van der Waals surface area contributed by atoms with Gasteiger partial charge in [0.15, 0.2) is 0 Å². The van der Waals surface area contributed by atoms with Crippen molar-refractivity contribution in [2.24, 2.45) is 0 Å². The number of fused-ring (bicyclic) bond motifs is 1. The molecule has 5 nitrogen and oxygen atoms in total. The minimum atomic E-state index is -0.361. The number of esters is 1. The molecule has 0 aromatic carbocycles. The quantitative estimate of drug-likeness (QED) is 0.518. The predicted octanol–water partition coefficient (Wildman–Crippen LogP) is 4.21. The zero-order chi connectivity index (χ0) is 18.1. The summed E-state index contributed by atoms with van der Waals surface area (Å²) in [6.07, 6.45) is 3.68. The fraction of sp³-hybridized carbons (Fsp3) is 0.263. The highest BCUT2D eigenvalue weighted by Crippen LogP contribution is 2.32. The van der Waals surface area contributed by atoms with Crippen LogP contribution in [0, 0.1) is 6.92 Å². The molecule has 0 atom stereocenters. The molecule has 0 aliphatic rings. The van der Waals surface area contributed by atoms with Gasteiger partial charge in [0.1, 0.15) is 11.0 Å². The average molecular weight is 358 g/mol. The lowest BCUT2D eigenvalue weighted by Crippen LogP contribution is -2.10. The molecular weight excluding hydrogens is 338 g/mol. The van der Waals surface area contributed by atoms with E-state index >= 15 is 0 Å². The molecule has 0 bridgehead atoms. The van der Waals surface area contributed by atoms with E-state index in [1.807, 2.05) is 60.8 Å². The topological polar surface area (TPSA) is 46.8 Å². The number of hydrogen-bond donors (Lipinski definition) is 0. The Morgan fingerprint density at radius 2 is 2.08 bits per heavy atom. The Morgan fingerprint density at radius 1 is 1.32 bits per heavy atom. The Bertz CT molecular complexity index is 947. The van der Waals surface area contributed by atoms with Crippen LogP contribution < -0.4 is 4.90 Å². The summed E-state index contributed by atoms with van der Waals surface area (Å²) in [5, 5.41) is 0.508. The summed E-state index contributed by atoms with van der Waals surface area (Å²) in [5.41, 5.74) is 4.04. The van der Waals surface area contributed by atoms with Crippen LogP contribution in [0.2, 0.25) is 5.15 Å². The molecule has 0 amide bonds. The van der Waals surface area contributed by atoms with Crippen molar-refractivity contribution in [1.29, 1.82) is 0 Å². The van der Waals surface area contributed by atoms with Gasteiger partial charge < -0.3 is 14.0 Å². The van der Waals surface area contributed by atoms with Crippen LogP contribution in [-0.2, 0) is 4.74 Å². The molecule has 3 aromatic rings. The minimum Gasteiger partial charge on any atom is -0.462 e. The van der Waals surface area contributed by atoms with E-state index in [9.17, 15) is 4.79 Å². The first-order valence-corrected chi connectivity index (χ1v) is 8.42.